The number of hydrogen-bond donors (Lipinski definition) is 2. The highest BCUT2D eigenvalue weighted by Crippen LogP contribution is 2.32. The van der Waals surface area contributed by atoms with Crippen LogP contribution in [0.5, 0.6) is 0 Å². The van der Waals surface area contributed by atoms with Crippen molar-refractivity contribution in [3.63, 3.8) is 0 Å². The van der Waals surface area contributed by atoms with Crippen LogP contribution < -0.4 is 5.32 Å². The van der Waals surface area contributed by atoms with E-state index in [1.807, 2.05) is 6.92 Å². The maximum atomic E-state index is 12.7. The lowest BCUT2D eigenvalue weighted by Crippen LogP contribution is -2.47. The number of carbonyl (C=O) groups is 1. The molecular formula is C13H15F3N2O2. The Morgan fingerprint density at radius 1 is 1.45 bits per heavy atom. The van der Waals surface area contributed by atoms with Gasteiger partial charge < -0.3 is 10.4 Å². The van der Waals surface area contributed by atoms with E-state index in [1.165, 1.54) is 6.07 Å². The minimum Gasteiger partial charge on any atom is -0.477 e. The van der Waals surface area contributed by atoms with Crippen molar-refractivity contribution in [3.05, 3.63) is 29.1 Å². The van der Waals surface area contributed by atoms with Crippen LogP contribution in [0.2, 0.25) is 0 Å². The maximum absolute atomic E-state index is 12.7. The molecule has 4 nitrogen and oxygen atoms in total. The van der Waals surface area contributed by atoms with Crippen molar-refractivity contribution in [2.24, 2.45) is 0 Å². The van der Waals surface area contributed by atoms with E-state index >= 15 is 0 Å². The number of alkyl halides is 3. The fourth-order valence-corrected chi connectivity index (χ4v) is 2.14. The number of hydrogen-bond acceptors (Lipinski definition) is 3. The van der Waals surface area contributed by atoms with Gasteiger partial charge in [0.25, 0.3) is 0 Å². The zero-order valence-electron chi connectivity index (χ0n) is 10.9. The topological polar surface area (TPSA) is 62.2 Å². The van der Waals surface area contributed by atoms with Gasteiger partial charge in [0.2, 0.25) is 0 Å². The number of aromatic nitrogens is 1. The molecular weight excluding hydrogens is 273 g/mol. The molecule has 0 spiro atoms. The molecule has 0 aromatic carbocycles. The highest BCUT2D eigenvalue weighted by molar-refractivity contribution is 5.85. The number of halogens is 3. The van der Waals surface area contributed by atoms with E-state index in [0.717, 1.165) is 25.3 Å². The van der Waals surface area contributed by atoms with Gasteiger partial charge in [-0.25, -0.2) is 9.78 Å². The van der Waals surface area contributed by atoms with Gasteiger partial charge in [-0.3, -0.25) is 0 Å². The average molecular weight is 288 g/mol. The van der Waals surface area contributed by atoms with Gasteiger partial charge in [-0.1, -0.05) is 0 Å². The Kier molecular flexibility index (Phi) is 3.73. The minimum absolute atomic E-state index is 0.0644. The standard InChI is InChI=1S/C13H15F3N2O2/c1-12(3-2-4-12)17-7-8-5-9(11(19)20)18-10(6-8)13(14,15)16/h5-6,17H,2-4,7H2,1H3,(H,19,20). The molecule has 0 saturated heterocycles. The molecule has 1 heterocycles. The third-order valence-corrected chi connectivity index (χ3v) is 3.57. The molecule has 0 bridgehead atoms. The molecule has 2 N–H and O–H groups in total. The summed E-state index contributed by atoms with van der Waals surface area (Å²) in [4.78, 5) is 14.0. The van der Waals surface area contributed by atoms with Gasteiger partial charge in [0.05, 0.1) is 0 Å². The van der Waals surface area contributed by atoms with Crippen molar-refractivity contribution in [3.8, 4) is 0 Å². The Hall–Kier alpha value is -1.63. The van der Waals surface area contributed by atoms with Crippen molar-refractivity contribution in [2.75, 3.05) is 0 Å². The van der Waals surface area contributed by atoms with Gasteiger partial charge in [0, 0.05) is 12.1 Å². The average Bonchev–Trinajstić information content (AvgIpc) is 2.32. The number of nitrogens with zero attached hydrogens (tertiary/aromatic N) is 1. The summed E-state index contributed by atoms with van der Waals surface area (Å²) in [6.45, 7) is 2.20. The smallest absolute Gasteiger partial charge is 0.433 e. The molecule has 0 aliphatic heterocycles. The molecule has 110 valence electrons. The van der Waals surface area contributed by atoms with Crippen LogP contribution in [0.3, 0.4) is 0 Å². The normalized spacial score (nSPS) is 17.6. The lowest BCUT2D eigenvalue weighted by Gasteiger charge is -2.39. The predicted molar refractivity (Wildman–Crippen MR) is 65.3 cm³/mol. The fourth-order valence-electron chi connectivity index (χ4n) is 2.14. The molecule has 20 heavy (non-hydrogen) atoms. The summed E-state index contributed by atoms with van der Waals surface area (Å²) in [5.74, 6) is -1.47. The van der Waals surface area contributed by atoms with Crippen LogP contribution in [-0.2, 0) is 12.7 Å². The van der Waals surface area contributed by atoms with Crippen LogP contribution in [0.15, 0.2) is 12.1 Å². The summed E-state index contributed by atoms with van der Waals surface area (Å²) in [7, 11) is 0. The van der Waals surface area contributed by atoms with Gasteiger partial charge in [-0.2, -0.15) is 13.2 Å². The van der Waals surface area contributed by atoms with Crippen molar-refractivity contribution in [1.29, 1.82) is 0 Å². The van der Waals surface area contributed by atoms with Gasteiger partial charge in [-0.05, 0) is 43.9 Å². The first-order valence-electron chi connectivity index (χ1n) is 6.26. The SMILES string of the molecule is CC1(NCc2cc(C(=O)O)nc(C(F)(F)F)c2)CCC1. The van der Waals surface area contributed by atoms with E-state index in [0.29, 0.717) is 0 Å². The van der Waals surface area contributed by atoms with Gasteiger partial charge in [0.15, 0.2) is 0 Å². The summed E-state index contributed by atoms with van der Waals surface area (Å²) in [5, 5.41) is 12.0. The minimum atomic E-state index is -4.65. The van der Waals surface area contributed by atoms with E-state index in [1.54, 1.807) is 0 Å². The molecule has 1 aromatic rings. The Morgan fingerprint density at radius 3 is 2.55 bits per heavy atom. The fraction of sp³-hybridized carbons (Fsp3) is 0.538. The number of carboxylic acid groups (broad SMARTS) is 1. The summed E-state index contributed by atoms with van der Waals surface area (Å²) < 4.78 is 38.1. The first kappa shape index (κ1) is 14.8. The highest BCUT2D eigenvalue weighted by Gasteiger charge is 2.34. The molecule has 0 radical (unpaired) electrons. The quantitative estimate of drug-likeness (QED) is 0.894. The molecule has 1 saturated carbocycles. The van der Waals surface area contributed by atoms with Crippen molar-refractivity contribution < 1.29 is 23.1 Å². The molecule has 7 heteroatoms. The molecule has 1 aliphatic carbocycles. The summed E-state index contributed by atoms with van der Waals surface area (Å²) >= 11 is 0. The predicted octanol–water partition coefficient (Wildman–Crippen LogP) is 2.83. The summed E-state index contributed by atoms with van der Waals surface area (Å²) in [6.07, 6.45) is -1.62. The number of nitrogens with one attached hydrogen (secondary N) is 1. The third-order valence-electron chi connectivity index (χ3n) is 3.57. The number of carboxylic acids is 1. The second-order valence-electron chi connectivity index (χ2n) is 5.32. The molecule has 0 amide bonds. The lowest BCUT2D eigenvalue weighted by atomic mass is 9.78. The first-order valence-corrected chi connectivity index (χ1v) is 6.26. The largest absolute Gasteiger partial charge is 0.477 e. The Balaban J connectivity index is 2.22. The number of rotatable bonds is 4. The lowest BCUT2D eigenvalue weighted by molar-refractivity contribution is -0.141. The Labute approximate surface area is 114 Å². The van der Waals surface area contributed by atoms with Crippen LogP contribution in [0, 0.1) is 0 Å². The van der Waals surface area contributed by atoms with Crippen LogP contribution in [0.4, 0.5) is 13.2 Å². The Bertz CT molecular complexity index is 525. The Morgan fingerprint density at radius 2 is 2.10 bits per heavy atom. The van der Waals surface area contributed by atoms with Crippen molar-refractivity contribution in [1.82, 2.24) is 10.3 Å². The molecule has 0 atom stereocenters. The van der Waals surface area contributed by atoms with Crippen molar-refractivity contribution in [2.45, 2.75) is 44.4 Å². The van der Waals surface area contributed by atoms with Gasteiger partial charge in [0.1, 0.15) is 11.4 Å². The first-order chi connectivity index (χ1) is 9.20. The molecule has 0 unspecified atom stereocenters. The van der Waals surface area contributed by atoms with Crippen LogP contribution in [0.1, 0.15) is 47.9 Å². The number of pyridine rings is 1. The van der Waals surface area contributed by atoms with E-state index in [9.17, 15) is 18.0 Å². The highest BCUT2D eigenvalue weighted by atomic mass is 19.4. The zero-order chi connectivity index (χ0) is 15.0. The van der Waals surface area contributed by atoms with E-state index < -0.39 is 23.5 Å². The summed E-state index contributed by atoms with van der Waals surface area (Å²) in [5.41, 5.74) is -1.55. The van der Waals surface area contributed by atoms with Crippen LogP contribution >= 0.6 is 0 Å². The van der Waals surface area contributed by atoms with Crippen LogP contribution in [-0.4, -0.2) is 21.6 Å². The molecule has 1 fully saturated rings. The maximum Gasteiger partial charge on any atom is 0.433 e. The van der Waals surface area contributed by atoms with Gasteiger partial charge >= 0.3 is 12.1 Å². The second kappa shape index (κ2) is 5.05. The van der Waals surface area contributed by atoms with Crippen molar-refractivity contribution >= 4 is 5.97 Å². The number of aromatic carboxylic acids is 1. The molecule has 2 rings (SSSR count). The molecule has 1 aromatic heterocycles. The molecule has 1 aliphatic rings. The second-order valence-corrected chi connectivity index (χ2v) is 5.32. The summed E-state index contributed by atoms with van der Waals surface area (Å²) in [6, 6.07) is 2.06. The van der Waals surface area contributed by atoms with Crippen LogP contribution in [0.25, 0.3) is 0 Å². The van der Waals surface area contributed by atoms with Gasteiger partial charge in [-0.15, -0.1) is 0 Å². The monoisotopic (exact) mass is 288 g/mol. The van der Waals surface area contributed by atoms with E-state index in [4.69, 9.17) is 5.11 Å². The zero-order valence-corrected chi connectivity index (χ0v) is 10.9. The third kappa shape index (κ3) is 3.27. The van der Waals surface area contributed by atoms with E-state index in [2.05, 4.69) is 10.3 Å². The van der Waals surface area contributed by atoms with E-state index in [-0.39, 0.29) is 17.6 Å².